The number of rotatable bonds is 6. The van der Waals surface area contributed by atoms with Crippen molar-refractivity contribution in [2.24, 2.45) is 0 Å². The van der Waals surface area contributed by atoms with Crippen molar-refractivity contribution < 1.29 is 4.79 Å². The lowest BCUT2D eigenvalue weighted by Gasteiger charge is -2.20. The maximum atomic E-state index is 12.1. The maximum Gasteiger partial charge on any atom is 0.317 e. The van der Waals surface area contributed by atoms with Gasteiger partial charge in [-0.05, 0) is 43.4 Å². The van der Waals surface area contributed by atoms with Crippen molar-refractivity contribution in [1.29, 1.82) is 5.26 Å². The molecular weight excluding hydrogens is 320 g/mol. The molecule has 1 aromatic carbocycles. The van der Waals surface area contributed by atoms with E-state index < -0.39 is 0 Å². The molecule has 0 aliphatic carbocycles. The molecule has 1 N–H and O–H groups in total. The molecular formula is C18H22N4OS. The van der Waals surface area contributed by atoms with Gasteiger partial charge in [0.2, 0.25) is 0 Å². The Morgan fingerprint density at radius 1 is 1.21 bits per heavy atom. The van der Waals surface area contributed by atoms with Gasteiger partial charge < -0.3 is 15.1 Å². The van der Waals surface area contributed by atoms with Crippen LogP contribution >= 0.6 is 11.3 Å². The lowest BCUT2D eigenvalue weighted by Crippen LogP contribution is -2.40. The number of nitrogens with one attached hydrogen (secondary N) is 1. The van der Waals surface area contributed by atoms with Crippen LogP contribution < -0.4 is 5.32 Å². The summed E-state index contributed by atoms with van der Waals surface area (Å²) < 4.78 is 0. The number of carbonyl (C=O) groups is 1. The number of nitriles is 1. The van der Waals surface area contributed by atoms with Crippen molar-refractivity contribution in [2.75, 3.05) is 34.2 Å². The summed E-state index contributed by atoms with van der Waals surface area (Å²) >= 11 is 1.47. The number of thiophene rings is 1. The number of benzene rings is 1. The third-order valence-corrected chi connectivity index (χ3v) is 4.64. The Bertz CT molecular complexity index is 733. The van der Waals surface area contributed by atoms with Crippen LogP contribution in [-0.4, -0.2) is 50.1 Å². The fourth-order valence-corrected chi connectivity index (χ4v) is 2.95. The molecule has 2 rings (SSSR count). The van der Waals surface area contributed by atoms with Crippen molar-refractivity contribution in [3.8, 4) is 16.5 Å². The van der Waals surface area contributed by atoms with Crippen molar-refractivity contribution in [3.63, 3.8) is 0 Å². The number of urea groups is 1. The average Bonchev–Trinajstić information content (AvgIpc) is 3.07. The largest absolute Gasteiger partial charge is 0.334 e. The Hall–Kier alpha value is -2.36. The SMILES string of the molecule is CN(C)CCN(C)C(=O)NCc1cccc(-c2ccc(C#N)s2)c1. The second-order valence-electron chi connectivity index (χ2n) is 5.86. The van der Waals surface area contributed by atoms with E-state index in [4.69, 9.17) is 5.26 Å². The molecule has 0 atom stereocenters. The zero-order valence-electron chi connectivity index (χ0n) is 14.2. The topological polar surface area (TPSA) is 59.4 Å². The monoisotopic (exact) mass is 342 g/mol. The Morgan fingerprint density at radius 2 is 2.00 bits per heavy atom. The first-order chi connectivity index (χ1) is 11.5. The van der Waals surface area contributed by atoms with Gasteiger partial charge in [0.1, 0.15) is 10.9 Å². The molecule has 2 aromatic rings. The van der Waals surface area contributed by atoms with Gasteiger partial charge in [-0.1, -0.05) is 18.2 Å². The molecule has 5 nitrogen and oxygen atoms in total. The standard InChI is InChI=1S/C18H22N4OS/c1-21(2)9-10-22(3)18(23)20-13-14-5-4-6-15(11-14)17-8-7-16(12-19)24-17/h4-8,11H,9-10,13H2,1-3H3,(H,20,23). The van der Waals surface area contributed by atoms with Crippen molar-refractivity contribution in [3.05, 3.63) is 46.8 Å². The quantitative estimate of drug-likeness (QED) is 0.878. The highest BCUT2D eigenvalue weighted by molar-refractivity contribution is 7.16. The summed E-state index contributed by atoms with van der Waals surface area (Å²) in [4.78, 5) is 17.6. The third kappa shape index (κ3) is 5.08. The molecule has 0 spiro atoms. The van der Waals surface area contributed by atoms with Crippen LogP contribution in [0.2, 0.25) is 0 Å². The van der Waals surface area contributed by atoms with E-state index in [9.17, 15) is 4.79 Å². The number of nitrogens with zero attached hydrogens (tertiary/aromatic N) is 3. The number of hydrogen-bond acceptors (Lipinski definition) is 4. The van der Waals surface area contributed by atoms with E-state index >= 15 is 0 Å². The molecule has 0 radical (unpaired) electrons. The molecule has 0 saturated carbocycles. The van der Waals surface area contributed by atoms with E-state index in [2.05, 4.69) is 11.4 Å². The number of hydrogen-bond donors (Lipinski definition) is 1. The highest BCUT2D eigenvalue weighted by Gasteiger charge is 2.09. The number of amides is 2. The lowest BCUT2D eigenvalue weighted by atomic mass is 10.1. The van der Waals surface area contributed by atoms with Gasteiger partial charge in [-0.15, -0.1) is 11.3 Å². The van der Waals surface area contributed by atoms with Crippen molar-refractivity contribution in [1.82, 2.24) is 15.1 Å². The van der Waals surface area contributed by atoms with E-state index in [0.717, 1.165) is 22.5 Å². The van der Waals surface area contributed by atoms with E-state index in [-0.39, 0.29) is 6.03 Å². The van der Waals surface area contributed by atoms with Gasteiger partial charge >= 0.3 is 6.03 Å². The number of carbonyl (C=O) groups excluding carboxylic acids is 1. The maximum absolute atomic E-state index is 12.1. The van der Waals surface area contributed by atoms with Gasteiger partial charge in [0.05, 0.1) is 0 Å². The molecule has 1 heterocycles. The minimum atomic E-state index is -0.0786. The van der Waals surface area contributed by atoms with E-state index in [1.54, 1.807) is 11.9 Å². The van der Waals surface area contributed by atoms with Gasteiger partial charge in [-0.3, -0.25) is 0 Å². The highest BCUT2D eigenvalue weighted by atomic mass is 32.1. The second-order valence-corrected chi connectivity index (χ2v) is 6.94. The van der Waals surface area contributed by atoms with Crippen LogP contribution in [0.5, 0.6) is 0 Å². The zero-order chi connectivity index (χ0) is 17.5. The molecule has 0 saturated heterocycles. The smallest absolute Gasteiger partial charge is 0.317 e. The predicted octanol–water partition coefficient (Wildman–Crippen LogP) is 2.99. The number of likely N-dealkylation sites (N-methyl/N-ethyl adjacent to an activating group) is 2. The van der Waals surface area contributed by atoms with Gasteiger partial charge in [0, 0.05) is 31.6 Å². The van der Waals surface area contributed by atoms with E-state index in [1.807, 2.05) is 55.4 Å². The lowest BCUT2D eigenvalue weighted by molar-refractivity contribution is 0.203. The fraction of sp³-hybridized carbons (Fsp3) is 0.333. The summed E-state index contributed by atoms with van der Waals surface area (Å²) in [5.74, 6) is 0. The van der Waals surface area contributed by atoms with Crippen LogP contribution in [0.25, 0.3) is 10.4 Å². The average molecular weight is 342 g/mol. The predicted molar refractivity (Wildman–Crippen MR) is 97.9 cm³/mol. The van der Waals surface area contributed by atoms with E-state index in [1.165, 1.54) is 11.3 Å². The Balaban J connectivity index is 1.95. The minimum absolute atomic E-state index is 0.0786. The van der Waals surface area contributed by atoms with Crippen LogP contribution in [0.4, 0.5) is 4.79 Å². The second kappa shape index (κ2) is 8.48. The molecule has 0 unspecified atom stereocenters. The first-order valence-electron chi connectivity index (χ1n) is 7.72. The van der Waals surface area contributed by atoms with Gasteiger partial charge in [-0.2, -0.15) is 5.26 Å². The molecule has 24 heavy (non-hydrogen) atoms. The molecule has 0 aliphatic heterocycles. The van der Waals surface area contributed by atoms with Crippen molar-refractivity contribution in [2.45, 2.75) is 6.54 Å². The molecule has 1 aromatic heterocycles. The van der Waals surface area contributed by atoms with Crippen molar-refractivity contribution >= 4 is 17.4 Å². The Labute approximate surface area is 147 Å². The fourth-order valence-electron chi connectivity index (χ4n) is 2.15. The summed E-state index contributed by atoms with van der Waals surface area (Å²) in [5, 5.41) is 11.9. The Morgan fingerprint density at radius 3 is 2.67 bits per heavy atom. The normalized spacial score (nSPS) is 10.5. The van der Waals surface area contributed by atoms with Crippen LogP contribution in [0.3, 0.4) is 0 Å². The summed E-state index contributed by atoms with van der Waals surface area (Å²) in [7, 11) is 5.77. The summed E-state index contributed by atoms with van der Waals surface area (Å²) in [6, 6.07) is 13.9. The zero-order valence-corrected chi connectivity index (χ0v) is 15.1. The van der Waals surface area contributed by atoms with Crippen LogP contribution in [-0.2, 0) is 6.54 Å². The summed E-state index contributed by atoms with van der Waals surface area (Å²) in [6.07, 6.45) is 0. The Kier molecular flexibility index (Phi) is 6.36. The van der Waals surface area contributed by atoms with Crippen LogP contribution in [0, 0.1) is 11.3 Å². The van der Waals surface area contributed by atoms with Crippen LogP contribution in [0.15, 0.2) is 36.4 Å². The van der Waals surface area contributed by atoms with Gasteiger partial charge in [0.15, 0.2) is 0 Å². The minimum Gasteiger partial charge on any atom is -0.334 e. The summed E-state index contributed by atoms with van der Waals surface area (Å²) in [5.41, 5.74) is 2.10. The highest BCUT2D eigenvalue weighted by Crippen LogP contribution is 2.28. The molecule has 0 bridgehead atoms. The first-order valence-corrected chi connectivity index (χ1v) is 8.54. The van der Waals surface area contributed by atoms with Crippen LogP contribution in [0.1, 0.15) is 10.4 Å². The molecule has 6 heteroatoms. The summed E-state index contributed by atoms with van der Waals surface area (Å²) in [6.45, 7) is 2.00. The molecule has 0 fully saturated rings. The molecule has 2 amide bonds. The molecule has 126 valence electrons. The first kappa shape index (κ1) is 18.0. The third-order valence-electron chi connectivity index (χ3n) is 3.60. The van der Waals surface area contributed by atoms with Gasteiger partial charge in [-0.25, -0.2) is 4.79 Å². The molecule has 0 aliphatic rings. The van der Waals surface area contributed by atoms with Gasteiger partial charge in [0.25, 0.3) is 0 Å². The van der Waals surface area contributed by atoms with E-state index in [0.29, 0.717) is 18.0 Å².